The van der Waals surface area contributed by atoms with Crippen molar-refractivity contribution in [1.29, 1.82) is 0 Å². The summed E-state index contributed by atoms with van der Waals surface area (Å²) in [7, 11) is 0. The van der Waals surface area contributed by atoms with Crippen molar-refractivity contribution in [2.75, 3.05) is 16.8 Å². The summed E-state index contributed by atoms with van der Waals surface area (Å²) < 4.78 is 1.81. The Morgan fingerprint density at radius 3 is 3.00 bits per heavy atom. The predicted octanol–water partition coefficient (Wildman–Crippen LogP) is 2.29. The van der Waals surface area contributed by atoms with Gasteiger partial charge in [0.15, 0.2) is 0 Å². The van der Waals surface area contributed by atoms with E-state index in [9.17, 15) is 9.59 Å². The number of amides is 2. The second-order valence-corrected chi connectivity index (χ2v) is 5.21. The van der Waals surface area contributed by atoms with Gasteiger partial charge in [-0.3, -0.25) is 14.3 Å². The van der Waals surface area contributed by atoms with E-state index in [1.54, 1.807) is 23.2 Å². The van der Waals surface area contributed by atoms with Gasteiger partial charge >= 0.3 is 0 Å². The van der Waals surface area contributed by atoms with E-state index >= 15 is 0 Å². The van der Waals surface area contributed by atoms with Crippen LogP contribution in [-0.2, 0) is 16.1 Å². The van der Waals surface area contributed by atoms with E-state index in [0.717, 1.165) is 17.9 Å². The number of nitrogens with one attached hydrogen (secondary N) is 1. The first-order valence-corrected chi connectivity index (χ1v) is 7.59. The number of anilines is 2. The van der Waals surface area contributed by atoms with E-state index in [-0.39, 0.29) is 18.2 Å². The van der Waals surface area contributed by atoms with Gasteiger partial charge in [-0.25, -0.2) is 0 Å². The van der Waals surface area contributed by atoms with Crippen LogP contribution in [0.3, 0.4) is 0 Å². The first kappa shape index (κ1) is 15.0. The molecule has 23 heavy (non-hydrogen) atoms. The largest absolute Gasteiger partial charge is 0.324 e. The van der Waals surface area contributed by atoms with Crippen molar-refractivity contribution in [3.8, 4) is 0 Å². The first-order chi connectivity index (χ1) is 11.2. The highest BCUT2D eigenvalue weighted by Crippen LogP contribution is 2.28. The Kier molecular flexibility index (Phi) is 4.23. The third kappa shape index (κ3) is 3.15. The highest BCUT2D eigenvalue weighted by atomic mass is 16.2. The molecule has 0 saturated carbocycles. The van der Waals surface area contributed by atoms with Gasteiger partial charge < -0.3 is 10.2 Å². The maximum Gasteiger partial charge on any atom is 0.251 e. The van der Waals surface area contributed by atoms with Crippen LogP contribution in [0.25, 0.3) is 6.08 Å². The van der Waals surface area contributed by atoms with Crippen LogP contribution in [0, 0.1) is 0 Å². The van der Waals surface area contributed by atoms with Crippen LogP contribution in [0.4, 0.5) is 11.4 Å². The first-order valence-electron chi connectivity index (χ1n) is 7.59. The minimum atomic E-state index is -0.155. The van der Waals surface area contributed by atoms with Crippen LogP contribution in [0.15, 0.2) is 42.6 Å². The smallest absolute Gasteiger partial charge is 0.251 e. The normalized spacial score (nSPS) is 14.5. The van der Waals surface area contributed by atoms with Crippen LogP contribution in [0.1, 0.15) is 19.0 Å². The van der Waals surface area contributed by atoms with Crippen LogP contribution in [0.5, 0.6) is 0 Å². The van der Waals surface area contributed by atoms with Gasteiger partial charge in [-0.05, 0) is 31.2 Å². The average molecular weight is 310 g/mol. The second-order valence-electron chi connectivity index (χ2n) is 5.21. The molecule has 1 aromatic carbocycles. The van der Waals surface area contributed by atoms with Gasteiger partial charge in [0.1, 0.15) is 0 Å². The number of aryl methyl sites for hydroxylation is 1. The molecule has 1 N–H and O–H groups in total. The van der Waals surface area contributed by atoms with E-state index in [2.05, 4.69) is 10.4 Å². The molecule has 118 valence electrons. The van der Waals surface area contributed by atoms with Gasteiger partial charge in [-0.1, -0.05) is 12.1 Å². The molecule has 1 aliphatic rings. The second kappa shape index (κ2) is 6.48. The van der Waals surface area contributed by atoms with Crippen molar-refractivity contribution in [3.63, 3.8) is 0 Å². The van der Waals surface area contributed by atoms with Crippen molar-refractivity contribution < 1.29 is 9.59 Å². The minimum Gasteiger partial charge on any atom is -0.324 e. The number of aromatic nitrogens is 2. The Hall–Kier alpha value is -2.89. The highest BCUT2D eigenvalue weighted by molar-refractivity contribution is 6.08. The Morgan fingerprint density at radius 1 is 1.35 bits per heavy atom. The summed E-state index contributed by atoms with van der Waals surface area (Å²) in [5, 5.41) is 7.00. The number of carbonyl (C=O) groups is 2. The monoisotopic (exact) mass is 310 g/mol. The molecule has 0 bridgehead atoms. The van der Waals surface area contributed by atoms with Gasteiger partial charge in [0.05, 0.1) is 17.1 Å². The number of para-hydroxylation sites is 2. The van der Waals surface area contributed by atoms with E-state index in [0.29, 0.717) is 12.2 Å². The van der Waals surface area contributed by atoms with Crippen molar-refractivity contribution >= 4 is 29.3 Å². The third-order valence-corrected chi connectivity index (χ3v) is 3.74. The SMILES string of the molecule is CCn1nccc1C=CC(=O)N1CCC(=O)Nc2ccccc21. The van der Waals surface area contributed by atoms with Gasteiger partial charge in [0.25, 0.3) is 5.91 Å². The fraction of sp³-hybridized carbons (Fsp3) is 0.235. The summed E-state index contributed by atoms with van der Waals surface area (Å²) in [6, 6.07) is 9.18. The van der Waals surface area contributed by atoms with Crippen LogP contribution < -0.4 is 10.2 Å². The molecule has 2 amide bonds. The lowest BCUT2D eigenvalue weighted by Crippen LogP contribution is -2.30. The fourth-order valence-corrected chi connectivity index (χ4v) is 2.59. The molecule has 6 heteroatoms. The molecule has 1 aliphatic heterocycles. The van der Waals surface area contributed by atoms with Crippen molar-refractivity contribution in [2.24, 2.45) is 0 Å². The Morgan fingerprint density at radius 2 is 2.17 bits per heavy atom. The van der Waals surface area contributed by atoms with E-state index in [1.165, 1.54) is 6.08 Å². The molecule has 0 spiro atoms. The quantitative estimate of drug-likeness (QED) is 0.885. The number of hydrogen-bond acceptors (Lipinski definition) is 3. The van der Waals surface area contributed by atoms with Gasteiger partial charge in [0, 0.05) is 31.8 Å². The number of benzene rings is 1. The molecule has 0 radical (unpaired) electrons. The molecular formula is C17H18N4O2. The zero-order valence-electron chi connectivity index (χ0n) is 12.9. The lowest BCUT2D eigenvalue weighted by atomic mass is 10.2. The minimum absolute atomic E-state index is 0.0826. The number of rotatable bonds is 3. The molecule has 6 nitrogen and oxygen atoms in total. The lowest BCUT2D eigenvalue weighted by Gasteiger charge is -2.20. The molecule has 0 saturated heterocycles. The summed E-state index contributed by atoms with van der Waals surface area (Å²) in [4.78, 5) is 26.0. The van der Waals surface area contributed by atoms with Crippen LogP contribution >= 0.6 is 0 Å². The predicted molar refractivity (Wildman–Crippen MR) is 89.0 cm³/mol. The number of nitrogens with zero attached hydrogens (tertiary/aromatic N) is 3. The van der Waals surface area contributed by atoms with Gasteiger partial charge in [-0.2, -0.15) is 5.10 Å². The van der Waals surface area contributed by atoms with Crippen LogP contribution in [0.2, 0.25) is 0 Å². The summed E-state index contributed by atoms with van der Waals surface area (Å²) in [5.41, 5.74) is 2.26. The van der Waals surface area contributed by atoms with E-state index < -0.39 is 0 Å². The molecule has 0 unspecified atom stereocenters. The van der Waals surface area contributed by atoms with Crippen molar-refractivity contribution in [1.82, 2.24) is 9.78 Å². The maximum absolute atomic E-state index is 12.6. The van der Waals surface area contributed by atoms with Crippen LogP contribution in [-0.4, -0.2) is 28.1 Å². The summed E-state index contributed by atoms with van der Waals surface area (Å²) in [5.74, 6) is -0.237. The molecule has 0 atom stereocenters. The molecule has 2 heterocycles. The fourth-order valence-electron chi connectivity index (χ4n) is 2.59. The maximum atomic E-state index is 12.6. The molecule has 2 aromatic rings. The summed E-state index contributed by atoms with van der Waals surface area (Å²) in [6.45, 7) is 3.10. The summed E-state index contributed by atoms with van der Waals surface area (Å²) >= 11 is 0. The Bertz CT molecular complexity index is 763. The zero-order chi connectivity index (χ0) is 16.2. The van der Waals surface area contributed by atoms with Crippen molar-refractivity contribution in [2.45, 2.75) is 19.9 Å². The van der Waals surface area contributed by atoms with Crippen molar-refractivity contribution in [3.05, 3.63) is 48.3 Å². The molecule has 0 fully saturated rings. The Balaban J connectivity index is 1.86. The third-order valence-electron chi connectivity index (χ3n) is 3.74. The Labute approximate surface area is 134 Å². The van der Waals surface area contributed by atoms with E-state index in [4.69, 9.17) is 0 Å². The molecule has 3 rings (SSSR count). The molecular weight excluding hydrogens is 292 g/mol. The molecule has 0 aliphatic carbocycles. The van der Waals surface area contributed by atoms with Gasteiger partial charge in [-0.15, -0.1) is 0 Å². The summed E-state index contributed by atoms with van der Waals surface area (Å²) in [6.07, 6.45) is 5.26. The average Bonchev–Trinajstić information content (AvgIpc) is 2.94. The van der Waals surface area contributed by atoms with Gasteiger partial charge in [0.2, 0.25) is 5.91 Å². The van der Waals surface area contributed by atoms with E-state index in [1.807, 2.05) is 35.9 Å². The number of carbonyl (C=O) groups excluding carboxylic acids is 2. The standard InChI is InChI=1S/C17H18N4O2/c1-2-21-13(9-11-18-21)7-8-17(23)20-12-10-16(22)19-14-5-3-4-6-15(14)20/h3-9,11H,2,10,12H2,1H3,(H,19,22). The molecule has 1 aromatic heterocycles. The topological polar surface area (TPSA) is 67.2 Å². The number of hydrogen-bond donors (Lipinski definition) is 1. The highest BCUT2D eigenvalue weighted by Gasteiger charge is 2.22. The number of fused-ring (bicyclic) bond motifs is 1. The lowest BCUT2D eigenvalue weighted by molar-refractivity contribution is -0.116. The zero-order valence-corrected chi connectivity index (χ0v) is 12.9.